The normalized spacial score (nSPS) is 20.7. The van der Waals surface area contributed by atoms with Gasteiger partial charge in [-0.3, -0.25) is 4.99 Å². The van der Waals surface area contributed by atoms with Crippen LogP contribution in [0, 0.1) is 5.92 Å². The fourth-order valence-corrected chi connectivity index (χ4v) is 3.44. The van der Waals surface area contributed by atoms with Crippen molar-refractivity contribution < 1.29 is 4.74 Å². The van der Waals surface area contributed by atoms with E-state index in [1.165, 1.54) is 11.3 Å². The van der Waals surface area contributed by atoms with E-state index in [0.717, 1.165) is 32.1 Å². The summed E-state index contributed by atoms with van der Waals surface area (Å²) in [7, 11) is 5.98. The molecular weight excluding hydrogens is 312 g/mol. The number of nitrogens with zero attached hydrogens (tertiary/aromatic N) is 3. The molecule has 1 aromatic carbocycles. The lowest BCUT2D eigenvalue weighted by atomic mass is 9.95. The maximum atomic E-state index is 5.98. The summed E-state index contributed by atoms with van der Waals surface area (Å²) >= 11 is 0. The van der Waals surface area contributed by atoms with Gasteiger partial charge in [0.1, 0.15) is 0 Å². The zero-order valence-electron chi connectivity index (χ0n) is 15.4. The lowest BCUT2D eigenvalue weighted by molar-refractivity contribution is 0.0914. The molecule has 1 saturated heterocycles. The fourth-order valence-electron chi connectivity index (χ4n) is 3.44. The highest BCUT2D eigenvalue weighted by atomic mass is 16.5. The third-order valence-electron chi connectivity index (χ3n) is 4.89. The molecular formula is C20H28N4O. The molecule has 2 heterocycles. The molecule has 0 radical (unpaired) electrons. The summed E-state index contributed by atoms with van der Waals surface area (Å²) in [5.41, 5.74) is 2.52. The monoisotopic (exact) mass is 340 g/mol. The van der Waals surface area contributed by atoms with E-state index in [9.17, 15) is 0 Å². The van der Waals surface area contributed by atoms with E-state index in [1.54, 1.807) is 0 Å². The van der Waals surface area contributed by atoms with Crippen LogP contribution in [-0.2, 0) is 18.3 Å². The van der Waals surface area contributed by atoms with Crippen LogP contribution in [0.15, 0.2) is 53.7 Å². The summed E-state index contributed by atoms with van der Waals surface area (Å²) < 4.78 is 8.12. The van der Waals surface area contributed by atoms with Crippen molar-refractivity contribution in [3.8, 4) is 0 Å². The number of guanidine groups is 1. The zero-order chi connectivity index (χ0) is 17.6. The van der Waals surface area contributed by atoms with Crippen LogP contribution in [0.5, 0.6) is 0 Å². The van der Waals surface area contributed by atoms with Crippen molar-refractivity contribution in [1.82, 2.24) is 14.8 Å². The minimum Gasteiger partial charge on any atom is -0.373 e. The van der Waals surface area contributed by atoms with Crippen molar-refractivity contribution in [3.63, 3.8) is 0 Å². The van der Waals surface area contributed by atoms with Crippen LogP contribution in [0.4, 0.5) is 0 Å². The van der Waals surface area contributed by atoms with Crippen LogP contribution in [0.3, 0.4) is 0 Å². The van der Waals surface area contributed by atoms with E-state index in [-0.39, 0.29) is 6.10 Å². The van der Waals surface area contributed by atoms with Crippen LogP contribution in [0.25, 0.3) is 0 Å². The first kappa shape index (κ1) is 17.5. The maximum absolute atomic E-state index is 5.98. The predicted molar refractivity (Wildman–Crippen MR) is 101 cm³/mol. The van der Waals surface area contributed by atoms with E-state index in [2.05, 4.69) is 76.5 Å². The Morgan fingerprint density at radius 1 is 1.28 bits per heavy atom. The van der Waals surface area contributed by atoms with Crippen LogP contribution < -0.4 is 5.32 Å². The largest absolute Gasteiger partial charge is 0.373 e. The molecule has 25 heavy (non-hydrogen) atoms. The van der Waals surface area contributed by atoms with Crippen LogP contribution in [0.1, 0.15) is 23.8 Å². The summed E-state index contributed by atoms with van der Waals surface area (Å²) in [4.78, 5) is 6.59. The fraction of sp³-hybridized carbons (Fsp3) is 0.450. The first-order valence-corrected chi connectivity index (χ1v) is 8.87. The van der Waals surface area contributed by atoms with Crippen molar-refractivity contribution in [2.75, 3.05) is 27.2 Å². The number of ether oxygens (including phenoxy) is 1. The second-order valence-corrected chi connectivity index (χ2v) is 6.65. The summed E-state index contributed by atoms with van der Waals surface area (Å²) in [6.07, 6.45) is 3.31. The molecule has 1 aliphatic rings. The molecule has 1 N–H and O–H groups in total. The molecule has 0 saturated carbocycles. The number of rotatable bonds is 5. The van der Waals surface area contributed by atoms with Gasteiger partial charge in [-0.1, -0.05) is 30.3 Å². The van der Waals surface area contributed by atoms with Gasteiger partial charge < -0.3 is 19.5 Å². The molecule has 2 unspecified atom stereocenters. The Labute approximate surface area is 150 Å². The summed E-state index contributed by atoms with van der Waals surface area (Å²) in [5, 5.41) is 3.53. The van der Waals surface area contributed by atoms with Crippen LogP contribution >= 0.6 is 0 Å². The molecule has 0 bridgehead atoms. The minimum atomic E-state index is 0.171. The highest BCUT2D eigenvalue weighted by Gasteiger charge is 2.29. The van der Waals surface area contributed by atoms with Gasteiger partial charge in [0.25, 0.3) is 0 Å². The third kappa shape index (κ3) is 4.23. The summed E-state index contributed by atoms with van der Waals surface area (Å²) in [6.45, 7) is 2.51. The summed E-state index contributed by atoms with van der Waals surface area (Å²) in [6, 6.07) is 14.7. The number of nitrogens with one attached hydrogen (secondary N) is 1. The molecule has 1 fully saturated rings. The predicted octanol–water partition coefficient (Wildman–Crippen LogP) is 2.81. The Kier molecular flexibility index (Phi) is 5.76. The topological polar surface area (TPSA) is 41.8 Å². The average Bonchev–Trinajstić information content (AvgIpc) is 3.26. The smallest absolute Gasteiger partial charge is 0.193 e. The second kappa shape index (κ2) is 8.21. The van der Waals surface area contributed by atoms with E-state index >= 15 is 0 Å². The van der Waals surface area contributed by atoms with Crippen molar-refractivity contribution in [2.24, 2.45) is 18.0 Å². The van der Waals surface area contributed by atoms with E-state index in [1.807, 2.05) is 13.1 Å². The molecule has 134 valence electrons. The van der Waals surface area contributed by atoms with Gasteiger partial charge in [-0.15, -0.1) is 0 Å². The number of aryl methyl sites for hydroxylation is 1. The van der Waals surface area contributed by atoms with E-state index in [0.29, 0.717) is 5.92 Å². The van der Waals surface area contributed by atoms with Gasteiger partial charge >= 0.3 is 0 Å². The Bertz CT molecular complexity index is 695. The third-order valence-corrected chi connectivity index (χ3v) is 4.89. The van der Waals surface area contributed by atoms with Gasteiger partial charge in [-0.2, -0.15) is 0 Å². The van der Waals surface area contributed by atoms with Gasteiger partial charge in [0.15, 0.2) is 5.96 Å². The molecule has 5 heteroatoms. The van der Waals surface area contributed by atoms with Gasteiger partial charge in [0.05, 0.1) is 12.6 Å². The Hall–Kier alpha value is -2.27. The first-order chi connectivity index (χ1) is 12.2. The van der Waals surface area contributed by atoms with Crippen LogP contribution in [-0.4, -0.2) is 42.7 Å². The molecule has 0 aliphatic carbocycles. The molecule has 5 nitrogen and oxygen atoms in total. The highest BCUT2D eigenvalue weighted by molar-refractivity contribution is 5.79. The number of hydrogen-bond donors (Lipinski definition) is 1. The first-order valence-electron chi connectivity index (χ1n) is 8.87. The molecule has 2 aromatic rings. The van der Waals surface area contributed by atoms with E-state index < -0.39 is 0 Å². The minimum absolute atomic E-state index is 0.171. The Balaban J connectivity index is 1.58. The highest BCUT2D eigenvalue weighted by Crippen LogP contribution is 2.33. The Morgan fingerprint density at radius 3 is 2.76 bits per heavy atom. The quantitative estimate of drug-likeness (QED) is 0.672. The van der Waals surface area contributed by atoms with Gasteiger partial charge in [-0.05, 0) is 24.1 Å². The van der Waals surface area contributed by atoms with Gasteiger partial charge in [-0.25, -0.2) is 0 Å². The lowest BCUT2D eigenvalue weighted by Gasteiger charge is -2.25. The number of aromatic nitrogens is 1. The molecule has 0 amide bonds. The zero-order valence-corrected chi connectivity index (χ0v) is 15.4. The molecule has 2 atom stereocenters. The number of aliphatic imine (C=N–C) groups is 1. The van der Waals surface area contributed by atoms with Crippen LogP contribution in [0.2, 0.25) is 0 Å². The molecule has 1 aliphatic heterocycles. The Morgan fingerprint density at radius 2 is 2.08 bits per heavy atom. The average molecular weight is 340 g/mol. The molecule has 3 rings (SSSR count). The molecule has 0 spiro atoms. The number of hydrogen-bond acceptors (Lipinski definition) is 2. The number of benzene rings is 1. The van der Waals surface area contributed by atoms with Crippen molar-refractivity contribution in [2.45, 2.75) is 19.1 Å². The lowest BCUT2D eigenvalue weighted by Crippen LogP contribution is -2.41. The SMILES string of the molecule is CN=C(NCC1CCOC1c1ccccc1)N(C)Cc1cccn1C. The second-order valence-electron chi connectivity index (χ2n) is 6.65. The standard InChI is InChI=1S/C20H28N4O/c1-21-20(24(3)15-18-10-7-12-23(18)2)22-14-17-11-13-25-19(17)16-8-5-4-6-9-16/h4-10,12,17,19H,11,13-15H2,1-3H3,(H,21,22). The van der Waals surface area contributed by atoms with E-state index in [4.69, 9.17) is 4.74 Å². The maximum Gasteiger partial charge on any atom is 0.193 e. The van der Waals surface area contributed by atoms with Gasteiger partial charge in [0.2, 0.25) is 0 Å². The molecule has 1 aromatic heterocycles. The van der Waals surface area contributed by atoms with Crippen molar-refractivity contribution >= 4 is 5.96 Å². The summed E-state index contributed by atoms with van der Waals surface area (Å²) in [5.74, 6) is 1.38. The van der Waals surface area contributed by atoms with Crippen molar-refractivity contribution in [1.29, 1.82) is 0 Å². The van der Waals surface area contributed by atoms with Gasteiger partial charge in [0, 0.05) is 52.1 Å². The van der Waals surface area contributed by atoms with Crippen molar-refractivity contribution in [3.05, 3.63) is 59.9 Å².